The number of nitriles is 1. The second-order valence-corrected chi connectivity index (χ2v) is 5.44. The highest BCUT2D eigenvalue weighted by molar-refractivity contribution is 7.99. The normalized spacial score (nSPS) is 20.2. The molecular formula is C12H12F3N3S. The van der Waals surface area contributed by atoms with Gasteiger partial charge in [0.05, 0.1) is 5.56 Å². The molecule has 0 N–H and O–H groups in total. The van der Waals surface area contributed by atoms with Crippen LogP contribution in [0, 0.1) is 11.3 Å². The minimum atomic E-state index is -4.49. The maximum Gasteiger partial charge on any atom is 0.433 e. The Hall–Kier alpha value is -1.42. The Balaban J connectivity index is 2.44. The zero-order valence-electron chi connectivity index (χ0n) is 10.2. The monoisotopic (exact) mass is 287 g/mol. The topological polar surface area (TPSA) is 39.9 Å². The first-order valence-corrected chi connectivity index (χ1v) is 6.91. The Bertz CT molecular complexity index is 510. The van der Waals surface area contributed by atoms with Crippen LogP contribution in [0.1, 0.15) is 18.2 Å². The van der Waals surface area contributed by atoms with Gasteiger partial charge in [0.25, 0.3) is 0 Å². The number of thioether (sulfide) groups is 1. The van der Waals surface area contributed by atoms with Crippen LogP contribution in [0.2, 0.25) is 0 Å². The van der Waals surface area contributed by atoms with Crippen molar-refractivity contribution in [2.45, 2.75) is 19.1 Å². The van der Waals surface area contributed by atoms with Crippen LogP contribution in [-0.2, 0) is 6.18 Å². The van der Waals surface area contributed by atoms with Crippen molar-refractivity contribution in [1.82, 2.24) is 4.98 Å². The molecule has 0 saturated carbocycles. The Morgan fingerprint density at radius 1 is 1.47 bits per heavy atom. The number of pyridine rings is 1. The molecule has 19 heavy (non-hydrogen) atoms. The quantitative estimate of drug-likeness (QED) is 0.796. The molecule has 3 nitrogen and oxygen atoms in total. The Morgan fingerprint density at radius 3 is 2.79 bits per heavy atom. The largest absolute Gasteiger partial charge is 0.433 e. The number of rotatable bonds is 1. The summed E-state index contributed by atoms with van der Waals surface area (Å²) in [5.74, 6) is 1.79. The lowest BCUT2D eigenvalue weighted by Gasteiger charge is -2.34. The lowest BCUT2D eigenvalue weighted by molar-refractivity contribution is -0.141. The van der Waals surface area contributed by atoms with Gasteiger partial charge in [-0.25, -0.2) is 4.98 Å². The minimum Gasteiger partial charge on any atom is -0.351 e. The number of anilines is 1. The van der Waals surface area contributed by atoms with Gasteiger partial charge in [0.1, 0.15) is 17.6 Å². The van der Waals surface area contributed by atoms with Crippen molar-refractivity contribution < 1.29 is 13.2 Å². The number of halogens is 3. The predicted molar refractivity (Wildman–Crippen MR) is 68.1 cm³/mol. The zero-order chi connectivity index (χ0) is 14.0. The molecule has 0 aliphatic carbocycles. The molecule has 1 saturated heterocycles. The lowest BCUT2D eigenvalue weighted by Crippen LogP contribution is -2.41. The van der Waals surface area contributed by atoms with Crippen molar-refractivity contribution in [1.29, 1.82) is 5.26 Å². The van der Waals surface area contributed by atoms with Crippen molar-refractivity contribution in [2.75, 3.05) is 23.0 Å². The molecule has 1 atom stereocenters. The Labute approximate surface area is 113 Å². The first kappa shape index (κ1) is 14.0. The van der Waals surface area contributed by atoms with Gasteiger partial charge in [0.15, 0.2) is 0 Å². The van der Waals surface area contributed by atoms with Gasteiger partial charge in [-0.2, -0.15) is 30.2 Å². The average Bonchev–Trinajstić information content (AvgIpc) is 2.37. The lowest BCUT2D eigenvalue weighted by atomic mass is 10.2. The van der Waals surface area contributed by atoms with Crippen LogP contribution in [-0.4, -0.2) is 29.1 Å². The molecule has 102 valence electrons. The van der Waals surface area contributed by atoms with E-state index in [1.807, 2.05) is 13.0 Å². The summed E-state index contributed by atoms with van der Waals surface area (Å²) < 4.78 is 38.1. The molecule has 1 aliphatic heterocycles. The number of alkyl halides is 3. The third-order valence-electron chi connectivity index (χ3n) is 2.93. The Morgan fingerprint density at radius 2 is 2.21 bits per heavy atom. The van der Waals surface area contributed by atoms with Crippen LogP contribution in [0.25, 0.3) is 0 Å². The van der Waals surface area contributed by atoms with E-state index in [4.69, 9.17) is 5.26 Å². The summed E-state index contributed by atoms with van der Waals surface area (Å²) in [5.41, 5.74) is -0.765. The van der Waals surface area contributed by atoms with Crippen LogP contribution >= 0.6 is 11.8 Å². The molecule has 0 radical (unpaired) electrons. The van der Waals surface area contributed by atoms with Gasteiger partial charge in [-0.3, -0.25) is 0 Å². The third-order valence-corrected chi connectivity index (χ3v) is 4.12. The van der Waals surface area contributed by atoms with Crippen molar-refractivity contribution >= 4 is 17.6 Å². The van der Waals surface area contributed by atoms with E-state index in [0.717, 1.165) is 17.6 Å². The van der Waals surface area contributed by atoms with Gasteiger partial charge in [0, 0.05) is 24.1 Å². The number of hydrogen-bond acceptors (Lipinski definition) is 4. The molecule has 2 rings (SSSR count). The summed E-state index contributed by atoms with van der Waals surface area (Å²) in [7, 11) is 0. The van der Waals surface area contributed by atoms with Crippen molar-refractivity contribution in [3.8, 4) is 6.07 Å². The molecule has 2 heterocycles. The van der Waals surface area contributed by atoms with E-state index in [1.165, 1.54) is 6.07 Å². The molecule has 0 amide bonds. The summed E-state index contributed by atoms with van der Waals surface area (Å²) in [6.45, 7) is 2.53. The molecule has 0 spiro atoms. The highest BCUT2D eigenvalue weighted by Gasteiger charge is 2.34. The van der Waals surface area contributed by atoms with Crippen LogP contribution in [0.4, 0.5) is 19.0 Å². The first-order chi connectivity index (χ1) is 8.93. The number of nitrogens with zero attached hydrogens (tertiary/aromatic N) is 3. The summed E-state index contributed by atoms with van der Waals surface area (Å²) in [6, 6.07) is 4.03. The fourth-order valence-electron chi connectivity index (χ4n) is 1.95. The van der Waals surface area contributed by atoms with Crippen LogP contribution in [0.3, 0.4) is 0 Å². The van der Waals surface area contributed by atoms with E-state index in [9.17, 15) is 13.2 Å². The van der Waals surface area contributed by atoms with Crippen LogP contribution in [0.5, 0.6) is 0 Å². The summed E-state index contributed by atoms with van der Waals surface area (Å²) in [6.07, 6.45) is -4.49. The van der Waals surface area contributed by atoms with Crippen LogP contribution < -0.4 is 4.90 Å². The molecule has 1 aromatic heterocycles. The first-order valence-electron chi connectivity index (χ1n) is 5.76. The second kappa shape index (κ2) is 5.29. The fourth-order valence-corrected chi connectivity index (χ4v) is 2.97. The van der Waals surface area contributed by atoms with Crippen molar-refractivity contribution in [3.63, 3.8) is 0 Å². The SMILES string of the molecule is CC1CSCCN1c1nc(C(F)(F)F)ccc1C#N. The maximum absolute atomic E-state index is 12.7. The Kier molecular flexibility index (Phi) is 3.90. The van der Waals surface area contributed by atoms with Gasteiger partial charge < -0.3 is 4.90 Å². The molecule has 1 unspecified atom stereocenters. The minimum absolute atomic E-state index is 0.0711. The molecule has 1 fully saturated rings. The van der Waals surface area contributed by atoms with E-state index >= 15 is 0 Å². The summed E-state index contributed by atoms with van der Waals surface area (Å²) >= 11 is 1.75. The molecular weight excluding hydrogens is 275 g/mol. The fraction of sp³-hybridized carbons (Fsp3) is 0.500. The molecule has 0 aromatic carbocycles. The second-order valence-electron chi connectivity index (χ2n) is 4.29. The summed E-state index contributed by atoms with van der Waals surface area (Å²) in [4.78, 5) is 5.44. The highest BCUT2D eigenvalue weighted by Crippen LogP contribution is 2.32. The highest BCUT2D eigenvalue weighted by atomic mass is 32.2. The van der Waals surface area contributed by atoms with Crippen molar-refractivity contribution in [3.05, 3.63) is 23.4 Å². The van der Waals surface area contributed by atoms with Gasteiger partial charge in [0.2, 0.25) is 0 Å². The van der Waals surface area contributed by atoms with Gasteiger partial charge >= 0.3 is 6.18 Å². The number of aromatic nitrogens is 1. The maximum atomic E-state index is 12.7. The molecule has 7 heteroatoms. The summed E-state index contributed by atoms with van der Waals surface area (Å²) in [5, 5.41) is 9.03. The van der Waals surface area contributed by atoms with E-state index in [2.05, 4.69) is 4.98 Å². The third kappa shape index (κ3) is 2.95. The average molecular weight is 287 g/mol. The molecule has 1 aromatic rings. The molecule has 1 aliphatic rings. The van der Waals surface area contributed by atoms with Gasteiger partial charge in [-0.05, 0) is 19.1 Å². The number of hydrogen-bond donors (Lipinski definition) is 0. The van der Waals surface area contributed by atoms with Crippen molar-refractivity contribution in [2.24, 2.45) is 0 Å². The standard InChI is InChI=1S/C12H12F3N3S/c1-8-7-19-5-4-18(8)11-9(6-16)2-3-10(17-11)12(13,14)15/h2-3,8H,4-5,7H2,1H3. The van der Waals surface area contributed by atoms with E-state index < -0.39 is 11.9 Å². The molecule has 0 bridgehead atoms. The van der Waals surface area contributed by atoms with Gasteiger partial charge in [-0.15, -0.1) is 0 Å². The smallest absolute Gasteiger partial charge is 0.351 e. The van der Waals surface area contributed by atoms with E-state index in [0.29, 0.717) is 6.54 Å². The van der Waals surface area contributed by atoms with Gasteiger partial charge in [-0.1, -0.05) is 0 Å². The van der Waals surface area contributed by atoms with Crippen LogP contribution in [0.15, 0.2) is 12.1 Å². The van der Waals surface area contributed by atoms with E-state index in [-0.39, 0.29) is 17.4 Å². The van der Waals surface area contributed by atoms with E-state index in [1.54, 1.807) is 16.7 Å². The predicted octanol–water partition coefficient (Wildman–Crippen LogP) is 2.91. The zero-order valence-corrected chi connectivity index (χ0v) is 11.1.